The molecule has 0 amide bonds. The minimum Gasteiger partial charge on any atom is -0.444 e. The Labute approximate surface area is 194 Å². The molecule has 3 aromatic rings. The number of benzene rings is 2. The smallest absolute Gasteiger partial charge is 0.226 e. The summed E-state index contributed by atoms with van der Waals surface area (Å²) in [7, 11) is -1.50. The number of halogens is 1. The molecule has 0 aliphatic rings. The van der Waals surface area contributed by atoms with Crippen molar-refractivity contribution in [1.29, 1.82) is 0 Å². The van der Waals surface area contributed by atoms with Gasteiger partial charge < -0.3 is 15.1 Å². The third kappa shape index (κ3) is 6.56. The van der Waals surface area contributed by atoms with Crippen LogP contribution in [0, 0.1) is 6.92 Å². The maximum atomic E-state index is 11.5. The summed E-state index contributed by atoms with van der Waals surface area (Å²) >= 11 is 0. The van der Waals surface area contributed by atoms with Gasteiger partial charge in [0, 0.05) is 25.4 Å². The molecule has 3 rings (SSSR count). The second-order valence-electron chi connectivity index (χ2n) is 6.71. The van der Waals surface area contributed by atoms with Crippen molar-refractivity contribution >= 4 is 39.8 Å². The molecule has 1 heterocycles. The zero-order chi connectivity index (χ0) is 20.9. The quantitative estimate of drug-likeness (QED) is 0.282. The van der Waals surface area contributed by atoms with Crippen LogP contribution in [0.4, 0.5) is 0 Å². The third-order valence-corrected chi connectivity index (χ3v) is 5.45. The SMILES string of the molecule is CN=C(NCc1ccc(S(C)(=O)=O)cc1)NCc1coc(-c2ccc(C)cc2)n1.I. The fraction of sp³-hybridized carbons (Fsp3) is 0.238. The highest BCUT2D eigenvalue weighted by atomic mass is 127. The van der Waals surface area contributed by atoms with E-state index in [1.807, 2.05) is 31.2 Å². The Balaban J connectivity index is 0.00000320. The monoisotopic (exact) mass is 540 g/mol. The lowest BCUT2D eigenvalue weighted by molar-refractivity contribution is 0.572. The van der Waals surface area contributed by atoms with Crippen molar-refractivity contribution in [3.63, 3.8) is 0 Å². The number of hydrogen-bond acceptors (Lipinski definition) is 5. The highest BCUT2D eigenvalue weighted by Crippen LogP contribution is 2.19. The summed E-state index contributed by atoms with van der Waals surface area (Å²) in [6.07, 6.45) is 2.82. The molecule has 0 radical (unpaired) electrons. The van der Waals surface area contributed by atoms with Gasteiger partial charge >= 0.3 is 0 Å². The van der Waals surface area contributed by atoms with Crippen LogP contribution in [0.15, 0.2) is 69.1 Å². The number of sulfone groups is 1. The zero-order valence-electron chi connectivity index (χ0n) is 17.0. The number of guanidine groups is 1. The number of aliphatic imine (C=N–C) groups is 1. The van der Waals surface area contributed by atoms with Gasteiger partial charge in [-0.3, -0.25) is 4.99 Å². The van der Waals surface area contributed by atoms with Crippen molar-refractivity contribution < 1.29 is 12.8 Å². The molecule has 30 heavy (non-hydrogen) atoms. The molecule has 7 nitrogen and oxygen atoms in total. The Morgan fingerprint density at radius 3 is 2.27 bits per heavy atom. The molecule has 0 bridgehead atoms. The number of oxazole rings is 1. The van der Waals surface area contributed by atoms with Crippen LogP contribution in [-0.4, -0.2) is 32.7 Å². The van der Waals surface area contributed by atoms with Crippen molar-refractivity contribution in [2.45, 2.75) is 24.9 Å². The largest absolute Gasteiger partial charge is 0.444 e. The summed E-state index contributed by atoms with van der Waals surface area (Å²) in [5, 5.41) is 6.38. The fourth-order valence-electron chi connectivity index (χ4n) is 2.65. The van der Waals surface area contributed by atoms with E-state index in [-0.39, 0.29) is 24.0 Å². The van der Waals surface area contributed by atoms with E-state index in [9.17, 15) is 8.42 Å². The van der Waals surface area contributed by atoms with E-state index in [0.29, 0.717) is 29.8 Å². The average molecular weight is 540 g/mol. The molecule has 0 unspecified atom stereocenters. The van der Waals surface area contributed by atoms with Crippen LogP contribution in [0.25, 0.3) is 11.5 Å². The average Bonchev–Trinajstić information content (AvgIpc) is 3.17. The van der Waals surface area contributed by atoms with Gasteiger partial charge in [0.15, 0.2) is 15.8 Å². The van der Waals surface area contributed by atoms with Crippen LogP contribution in [0.2, 0.25) is 0 Å². The molecule has 0 atom stereocenters. The molecule has 0 aliphatic heterocycles. The van der Waals surface area contributed by atoms with Gasteiger partial charge in [0.05, 0.1) is 17.1 Å². The number of rotatable bonds is 6. The second-order valence-corrected chi connectivity index (χ2v) is 8.72. The van der Waals surface area contributed by atoms with Gasteiger partial charge in [0.1, 0.15) is 6.26 Å². The van der Waals surface area contributed by atoms with E-state index in [1.54, 1.807) is 37.6 Å². The number of nitrogens with one attached hydrogen (secondary N) is 2. The van der Waals surface area contributed by atoms with Crippen molar-refractivity contribution in [1.82, 2.24) is 15.6 Å². The highest BCUT2D eigenvalue weighted by molar-refractivity contribution is 14.0. The van der Waals surface area contributed by atoms with E-state index in [4.69, 9.17) is 4.42 Å². The Morgan fingerprint density at radius 1 is 1.03 bits per heavy atom. The maximum Gasteiger partial charge on any atom is 0.226 e. The fourth-order valence-corrected chi connectivity index (χ4v) is 3.28. The van der Waals surface area contributed by atoms with E-state index in [1.165, 1.54) is 11.8 Å². The second kappa shape index (κ2) is 10.6. The minimum absolute atomic E-state index is 0. The van der Waals surface area contributed by atoms with E-state index < -0.39 is 9.84 Å². The lowest BCUT2D eigenvalue weighted by Crippen LogP contribution is -2.36. The van der Waals surface area contributed by atoms with Crippen molar-refractivity contribution in [2.24, 2.45) is 4.99 Å². The van der Waals surface area contributed by atoms with Crippen LogP contribution in [0.5, 0.6) is 0 Å². The van der Waals surface area contributed by atoms with Crippen LogP contribution in [0.1, 0.15) is 16.8 Å². The summed E-state index contributed by atoms with van der Waals surface area (Å²) < 4.78 is 28.6. The summed E-state index contributed by atoms with van der Waals surface area (Å²) in [4.78, 5) is 8.99. The molecule has 9 heteroatoms. The molecule has 0 fully saturated rings. The van der Waals surface area contributed by atoms with Gasteiger partial charge in [-0.1, -0.05) is 29.8 Å². The first-order chi connectivity index (χ1) is 13.8. The predicted molar refractivity (Wildman–Crippen MR) is 129 cm³/mol. The molecule has 160 valence electrons. The maximum absolute atomic E-state index is 11.5. The van der Waals surface area contributed by atoms with E-state index in [2.05, 4.69) is 20.6 Å². The number of hydrogen-bond donors (Lipinski definition) is 2. The first kappa shape index (κ1) is 23.9. The van der Waals surface area contributed by atoms with Gasteiger partial charge in [0.25, 0.3) is 0 Å². The summed E-state index contributed by atoms with van der Waals surface area (Å²) in [6, 6.07) is 14.8. The molecule has 2 N–H and O–H groups in total. The lowest BCUT2D eigenvalue weighted by Gasteiger charge is -2.11. The minimum atomic E-state index is -3.19. The molecule has 1 aromatic heterocycles. The van der Waals surface area contributed by atoms with Gasteiger partial charge in [-0.05, 0) is 36.8 Å². The Bertz CT molecular complexity index is 1090. The van der Waals surface area contributed by atoms with Crippen LogP contribution < -0.4 is 10.6 Å². The predicted octanol–water partition coefficient (Wildman–Crippen LogP) is 3.54. The van der Waals surface area contributed by atoms with E-state index >= 15 is 0 Å². The van der Waals surface area contributed by atoms with Gasteiger partial charge in [0.2, 0.25) is 5.89 Å². The number of aromatic nitrogens is 1. The Morgan fingerprint density at radius 2 is 1.67 bits per heavy atom. The lowest BCUT2D eigenvalue weighted by atomic mass is 10.1. The van der Waals surface area contributed by atoms with Crippen molar-refractivity contribution in [3.05, 3.63) is 71.6 Å². The topological polar surface area (TPSA) is 96.6 Å². The Kier molecular flexibility index (Phi) is 8.42. The standard InChI is InChI=1S/C21H24N4O3S.HI/c1-15-4-8-17(9-5-15)20-25-18(14-28-20)13-24-21(22-2)23-12-16-6-10-19(11-7-16)29(3,26)27;/h4-11,14H,12-13H2,1-3H3,(H2,22,23,24);1H. The third-order valence-electron chi connectivity index (χ3n) is 4.32. The summed E-state index contributed by atoms with van der Waals surface area (Å²) in [5.41, 5.74) is 3.83. The Hall–Kier alpha value is -2.40. The van der Waals surface area contributed by atoms with Crippen LogP contribution in [-0.2, 0) is 22.9 Å². The van der Waals surface area contributed by atoms with Gasteiger partial charge in [-0.15, -0.1) is 24.0 Å². The van der Waals surface area contributed by atoms with Gasteiger partial charge in [-0.2, -0.15) is 0 Å². The molecule has 2 aromatic carbocycles. The first-order valence-electron chi connectivity index (χ1n) is 9.10. The van der Waals surface area contributed by atoms with E-state index in [0.717, 1.165) is 16.8 Å². The molecule has 0 saturated heterocycles. The molecule has 0 spiro atoms. The molecular weight excluding hydrogens is 515 g/mol. The number of nitrogens with zero attached hydrogens (tertiary/aromatic N) is 2. The molecule has 0 saturated carbocycles. The summed E-state index contributed by atoms with van der Waals surface area (Å²) in [5.74, 6) is 1.19. The van der Waals surface area contributed by atoms with Crippen LogP contribution in [0.3, 0.4) is 0 Å². The zero-order valence-corrected chi connectivity index (χ0v) is 20.2. The van der Waals surface area contributed by atoms with Gasteiger partial charge in [-0.25, -0.2) is 13.4 Å². The normalized spacial score (nSPS) is 11.6. The number of aryl methyl sites for hydroxylation is 1. The molecular formula is C21H25IN4O3S. The first-order valence-corrected chi connectivity index (χ1v) is 11.0. The highest BCUT2D eigenvalue weighted by Gasteiger charge is 2.08. The van der Waals surface area contributed by atoms with Crippen molar-refractivity contribution in [2.75, 3.05) is 13.3 Å². The summed E-state index contributed by atoms with van der Waals surface area (Å²) in [6.45, 7) is 3.01. The van der Waals surface area contributed by atoms with Crippen molar-refractivity contribution in [3.8, 4) is 11.5 Å². The molecule has 0 aliphatic carbocycles. The van der Waals surface area contributed by atoms with Crippen LogP contribution >= 0.6 is 24.0 Å².